The topological polar surface area (TPSA) is 37.3 Å². The number of hydrogen-bond acceptors (Lipinski definition) is 1. The van der Waals surface area contributed by atoms with Crippen LogP contribution in [0.25, 0.3) is 0 Å². The molecule has 0 unspecified atom stereocenters. The maximum absolute atomic E-state index is 10.1. The Balaban J connectivity index is 3.50. The zero-order valence-electron chi connectivity index (χ0n) is 5.31. The van der Waals surface area contributed by atoms with Crippen LogP contribution in [0.3, 0.4) is 0 Å². The maximum Gasteiger partial charge on any atom is 0.330 e. The van der Waals surface area contributed by atoms with Crippen molar-refractivity contribution in [3.8, 4) is 0 Å². The normalized spacial score (nSPS) is 9.90. The molecule has 0 rings (SSSR count). The number of aliphatic carboxylic acids is 1. The van der Waals surface area contributed by atoms with Crippen LogP contribution in [-0.2, 0) is 4.79 Å². The molecular weight excluding hydrogens is 175 g/mol. The number of carbonyl (C=O) groups is 1. The molecule has 10 heavy (non-hydrogen) atoms. The van der Waals surface area contributed by atoms with Crippen LogP contribution in [0.2, 0.25) is 0 Å². The summed E-state index contributed by atoms with van der Waals surface area (Å²) in [5, 5.41) is 8.31. The van der Waals surface area contributed by atoms with Gasteiger partial charge < -0.3 is 5.11 Å². The van der Waals surface area contributed by atoms with Crippen molar-refractivity contribution in [3.63, 3.8) is 0 Å². The number of halogens is 2. The smallest absolute Gasteiger partial charge is 0.330 e. The van der Waals surface area contributed by atoms with E-state index in [1.54, 1.807) is 0 Å². The van der Waals surface area contributed by atoms with Gasteiger partial charge in [-0.1, -0.05) is 6.58 Å². The Kier molecular flexibility index (Phi) is 4.49. The second-order valence-corrected chi connectivity index (χ2v) is 3.12. The van der Waals surface area contributed by atoms with Gasteiger partial charge in [0, 0.05) is 5.57 Å². The summed E-state index contributed by atoms with van der Waals surface area (Å²) in [5.41, 5.74) is 0.145. The third-order valence-corrected chi connectivity index (χ3v) is 1.40. The lowest BCUT2D eigenvalue weighted by Crippen LogP contribution is -2.00. The second-order valence-electron chi connectivity index (χ2n) is 1.84. The molecule has 58 valence electrons. The van der Waals surface area contributed by atoms with Crippen LogP contribution in [0.1, 0.15) is 12.8 Å². The third-order valence-electron chi connectivity index (χ3n) is 0.967. The van der Waals surface area contributed by atoms with Crippen LogP contribution in [0.15, 0.2) is 12.2 Å². The van der Waals surface area contributed by atoms with E-state index >= 15 is 0 Å². The van der Waals surface area contributed by atoms with Gasteiger partial charge in [-0.05, 0) is 12.8 Å². The van der Waals surface area contributed by atoms with Gasteiger partial charge in [-0.15, -0.1) is 23.2 Å². The number of carboxylic acids is 1. The average molecular weight is 183 g/mol. The van der Waals surface area contributed by atoms with Crippen LogP contribution in [0.4, 0.5) is 0 Å². The minimum atomic E-state index is -0.992. The minimum absolute atomic E-state index is 0.145. The van der Waals surface area contributed by atoms with E-state index in [0.717, 1.165) is 0 Å². The highest BCUT2D eigenvalue weighted by Gasteiger charge is 2.05. The fourth-order valence-electron chi connectivity index (χ4n) is 0.390. The molecule has 0 aromatic heterocycles. The zero-order valence-corrected chi connectivity index (χ0v) is 6.82. The van der Waals surface area contributed by atoms with Crippen molar-refractivity contribution in [3.05, 3.63) is 12.2 Å². The van der Waals surface area contributed by atoms with Crippen molar-refractivity contribution >= 4 is 29.2 Å². The molecule has 0 saturated carbocycles. The van der Waals surface area contributed by atoms with Crippen LogP contribution in [0.5, 0.6) is 0 Å². The maximum atomic E-state index is 10.1. The largest absolute Gasteiger partial charge is 0.478 e. The van der Waals surface area contributed by atoms with Crippen molar-refractivity contribution in [2.24, 2.45) is 0 Å². The van der Waals surface area contributed by atoms with E-state index < -0.39 is 10.8 Å². The summed E-state index contributed by atoms with van der Waals surface area (Å²) in [6.07, 6.45) is 0.779. The molecule has 4 heteroatoms. The summed E-state index contributed by atoms with van der Waals surface area (Å²) >= 11 is 10.7. The number of hydrogen-bond donors (Lipinski definition) is 1. The Hall–Kier alpha value is -0.210. The van der Waals surface area contributed by atoms with E-state index in [1.165, 1.54) is 0 Å². The summed E-state index contributed by atoms with van der Waals surface area (Å²) in [4.78, 5) is 9.62. The molecule has 0 spiro atoms. The molecule has 0 aliphatic heterocycles. The predicted molar refractivity (Wildman–Crippen MR) is 41.5 cm³/mol. The first kappa shape index (κ1) is 9.79. The number of alkyl halides is 2. The minimum Gasteiger partial charge on any atom is -0.478 e. The summed E-state index contributed by atoms with van der Waals surface area (Å²) in [6, 6.07) is 0. The molecule has 0 saturated heterocycles. The quantitative estimate of drug-likeness (QED) is 0.535. The lowest BCUT2D eigenvalue weighted by molar-refractivity contribution is -0.132. The Bertz CT molecular complexity index is 143. The Morgan fingerprint density at radius 2 is 2.10 bits per heavy atom. The standard InChI is InChI=1S/C6H8Cl2O2/c1-4(6(9)10)2-3-5(7)8/h5H,1-3H2,(H,9,10). The fourth-order valence-corrected chi connectivity index (χ4v) is 0.608. The molecule has 0 fully saturated rings. The summed E-state index contributed by atoms with van der Waals surface area (Å²) in [5.74, 6) is -0.992. The third kappa shape index (κ3) is 4.65. The second kappa shape index (κ2) is 4.58. The highest BCUT2D eigenvalue weighted by molar-refractivity contribution is 6.44. The highest BCUT2D eigenvalue weighted by Crippen LogP contribution is 2.13. The average Bonchev–Trinajstić information content (AvgIpc) is 1.82. The van der Waals surface area contributed by atoms with Gasteiger partial charge >= 0.3 is 5.97 Å². The molecule has 0 aliphatic rings. The summed E-state index contributed by atoms with van der Waals surface area (Å²) in [7, 11) is 0. The van der Waals surface area contributed by atoms with Crippen molar-refractivity contribution < 1.29 is 9.90 Å². The van der Waals surface area contributed by atoms with Crippen molar-refractivity contribution in [1.82, 2.24) is 0 Å². The van der Waals surface area contributed by atoms with Gasteiger partial charge in [0.1, 0.15) is 4.84 Å². The van der Waals surface area contributed by atoms with E-state index in [2.05, 4.69) is 6.58 Å². The Labute approximate surface area is 69.4 Å². The fraction of sp³-hybridized carbons (Fsp3) is 0.500. The molecule has 0 radical (unpaired) electrons. The molecule has 0 atom stereocenters. The van der Waals surface area contributed by atoms with E-state index in [-0.39, 0.29) is 5.57 Å². The van der Waals surface area contributed by atoms with E-state index in [0.29, 0.717) is 12.8 Å². The van der Waals surface area contributed by atoms with Crippen LogP contribution in [0, 0.1) is 0 Å². The van der Waals surface area contributed by atoms with Gasteiger partial charge in [0.15, 0.2) is 0 Å². The Morgan fingerprint density at radius 3 is 2.40 bits per heavy atom. The first-order chi connectivity index (χ1) is 4.54. The van der Waals surface area contributed by atoms with E-state index in [4.69, 9.17) is 28.3 Å². The monoisotopic (exact) mass is 182 g/mol. The van der Waals surface area contributed by atoms with Gasteiger partial charge in [-0.25, -0.2) is 4.79 Å². The summed E-state index contributed by atoms with van der Waals surface area (Å²) in [6.45, 7) is 3.31. The molecular formula is C6H8Cl2O2. The zero-order chi connectivity index (χ0) is 8.15. The van der Waals surface area contributed by atoms with Crippen LogP contribution in [-0.4, -0.2) is 15.9 Å². The number of carboxylic acid groups (broad SMARTS) is 1. The lowest BCUT2D eigenvalue weighted by Gasteiger charge is -1.99. The van der Waals surface area contributed by atoms with Crippen molar-refractivity contribution in [2.75, 3.05) is 0 Å². The molecule has 0 heterocycles. The SMILES string of the molecule is C=C(CCC(Cl)Cl)C(=O)O. The van der Waals surface area contributed by atoms with Crippen LogP contribution < -0.4 is 0 Å². The van der Waals surface area contributed by atoms with Gasteiger partial charge in [-0.3, -0.25) is 0 Å². The first-order valence-electron chi connectivity index (χ1n) is 2.73. The summed E-state index contributed by atoms with van der Waals surface area (Å²) < 4.78 is 0. The molecule has 1 N–H and O–H groups in total. The molecule has 0 aromatic rings. The van der Waals surface area contributed by atoms with E-state index in [9.17, 15) is 4.79 Å². The van der Waals surface area contributed by atoms with Gasteiger partial charge in [0.05, 0.1) is 0 Å². The molecule has 0 amide bonds. The molecule has 0 bridgehead atoms. The van der Waals surface area contributed by atoms with E-state index in [1.807, 2.05) is 0 Å². The van der Waals surface area contributed by atoms with Gasteiger partial charge in [0.2, 0.25) is 0 Å². The molecule has 0 aromatic carbocycles. The van der Waals surface area contributed by atoms with Crippen LogP contribution >= 0.6 is 23.2 Å². The Morgan fingerprint density at radius 1 is 1.60 bits per heavy atom. The van der Waals surface area contributed by atoms with Crippen molar-refractivity contribution in [2.45, 2.75) is 17.7 Å². The highest BCUT2D eigenvalue weighted by atomic mass is 35.5. The number of rotatable bonds is 4. The predicted octanol–water partition coefficient (Wildman–Crippen LogP) is 2.21. The van der Waals surface area contributed by atoms with Gasteiger partial charge in [-0.2, -0.15) is 0 Å². The lowest BCUT2D eigenvalue weighted by atomic mass is 10.2. The first-order valence-corrected chi connectivity index (χ1v) is 3.60. The van der Waals surface area contributed by atoms with Gasteiger partial charge in [0.25, 0.3) is 0 Å². The molecule has 0 aliphatic carbocycles. The molecule has 2 nitrogen and oxygen atoms in total. The van der Waals surface area contributed by atoms with Crippen molar-refractivity contribution in [1.29, 1.82) is 0 Å².